The van der Waals surface area contributed by atoms with E-state index in [0.717, 1.165) is 0 Å². The third-order valence-electron chi connectivity index (χ3n) is 1.24. The molecule has 2 heteroatoms. The molecule has 0 saturated carbocycles. The second-order valence-corrected chi connectivity index (χ2v) is 1.95. The fourth-order valence-corrected chi connectivity index (χ4v) is 0.715. The van der Waals surface area contributed by atoms with Crippen molar-refractivity contribution < 1.29 is 9.18 Å². The normalized spacial score (nSPS) is 12.5. The Morgan fingerprint density at radius 3 is 2.40 bits per heavy atom. The van der Waals surface area contributed by atoms with E-state index in [1.54, 1.807) is 30.3 Å². The van der Waals surface area contributed by atoms with Crippen molar-refractivity contribution in [2.45, 2.75) is 6.17 Å². The fourth-order valence-electron chi connectivity index (χ4n) is 0.715. The number of carbonyl (C=O) groups is 1. The molecule has 0 fully saturated rings. The summed E-state index contributed by atoms with van der Waals surface area (Å²) in [7, 11) is 0. The molecule has 0 amide bonds. The molecule has 1 aromatic carbocycles. The van der Waals surface area contributed by atoms with Gasteiger partial charge >= 0.3 is 0 Å². The number of rotatable bonds is 2. The van der Waals surface area contributed by atoms with Crippen LogP contribution in [-0.4, -0.2) is 6.29 Å². The molecule has 0 aliphatic carbocycles. The number of alkyl halides is 1. The standard InChI is InChI=1S/C8H7FO/c9-8(6-10)7-4-2-1-3-5-7/h1-6,8H/t8-/m1/s1. The molecule has 0 heterocycles. The summed E-state index contributed by atoms with van der Waals surface area (Å²) >= 11 is 0. The Kier molecular flexibility index (Phi) is 2.15. The molecule has 0 spiro atoms. The minimum absolute atomic E-state index is 0.287. The Bertz CT molecular complexity index is 208. The van der Waals surface area contributed by atoms with Crippen molar-refractivity contribution in [2.24, 2.45) is 0 Å². The first kappa shape index (κ1) is 6.93. The zero-order valence-corrected chi connectivity index (χ0v) is 5.33. The van der Waals surface area contributed by atoms with Crippen LogP contribution in [-0.2, 0) is 4.79 Å². The Morgan fingerprint density at radius 2 is 1.90 bits per heavy atom. The van der Waals surface area contributed by atoms with Crippen LogP contribution >= 0.6 is 0 Å². The number of aldehydes is 1. The second-order valence-electron chi connectivity index (χ2n) is 1.95. The predicted octanol–water partition coefficient (Wildman–Crippen LogP) is 1.90. The van der Waals surface area contributed by atoms with Crippen LogP contribution in [0, 0.1) is 0 Å². The van der Waals surface area contributed by atoms with Crippen molar-refractivity contribution in [2.75, 3.05) is 0 Å². The maximum Gasteiger partial charge on any atom is 0.180 e. The lowest BCUT2D eigenvalue weighted by Crippen LogP contribution is -1.90. The first-order valence-electron chi connectivity index (χ1n) is 2.99. The molecule has 0 aliphatic rings. The molecule has 0 N–H and O–H groups in total. The molecular formula is C8H7FO. The van der Waals surface area contributed by atoms with Gasteiger partial charge in [0.1, 0.15) is 0 Å². The van der Waals surface area contributed by atoms with E-state index < -0.39 is 6.17 Å². The molecule has 1 nitrogen and oxygen atoms in total. The maximum atomic E-state index is 12.5. The lowest BCUT2D eigenvalue weighted by molar-refractivity contribution is -0.112. The Balaban J connectivity index is 2.84. The lowest BCUT2D eigenvalue weighted by atomic mass is 10.1. The van der Waals surface area contributed by atoms with E-state index in [1.165, 1.54) is 0 Å². The average molecular weight is 138 g/mol. The fraction of sp³-hybridized carbons (Fsp3) is 0.125. The molecule has 10 heavy (non-hydrogen) atoms. The van der Waals surface area contributed by atoms with Crippen molar-refractivity contribution in [1.29, 1.82) is 0 Å². The van der Waals surface area contributed by atoms with Crippen LogP contribution in [0.25, 0.3) is 0 Å². The number of carbonyl (C=O) groups excluding carboxylic acids is 1. The van der Waals surface area contributed by atoms with Crippen LogP contribution in [0.2, 0.25) is 0 Å². The second kappa shape index (κ2) is 3.11. The third-order valence-corrected chi connectivity index (χ3v) is 1.24. The monoisotopic (exact) mass is 138 g/mol. The minimum Gasteiger partial charge on any atom is -0.300 e. The molecule has 1 aromatic rings. The van der Waals surface area contributed by atoms with Gasteiger partial charge in [-0.3, -0.25) is 4.79 Å². The van der Waals surface area contributed by atoms with Crippen LogP contribution in [0.4, 0.5) is 4.39 Å². The van der Waals surface area contributed by atoms with E-state index in [0.29, 0.717) is 5.56 Å². The minimum atomic E-state index is -1.47. The van der Waals surface area contributed by atoms with Gasteiger partial charge in [0.2, 0.25) is 0 Å². The topological polar surface area (TPSA) is 17.1 Å². The van der Waals surface area contributed by atoms with Gasteiger partial charge in [-0.05, 0) is 5.56 Å². The molecule has 52 valence electrons. The molecule has 0 bridgehead atoms. The first-order valence-corrected chi connectivity index (χ1v) is 2.99. The molecule has 0 saturated heterocycles. The zero-order chi connectivity index (χ0) is 7.40. The van der Waals surface area contributed by atoms with Gasteiger partial charge in [0, 0.05) is 0 Å². The maximum absolute atomic E-state index is 12.5. The van der Waals surface area contributed by atoms with Crippen molar-refractivity contribution in [1.82, 2.24) is 0 Å². The number of hydrogen-bond acceptors (Lipinski definition) is 1. The average Bonchev–Trinajstić information content (AvgIpc) is 2.05. The summed E-state index contributed by atoms with van der Waals surface area (Å²) in [6.45, 7) is 0. The van der Waals surface area contributed by atoms with Gasteiger partial charge in [-0.2, -0.15) is 0 Å². The first-order chi connectivity index (χ1) is 4.84. The summed E-state index contributed by atoms with van der Waals surface area (Å²) in [5, 5.41) is 0. The highest BCUT2D eigenvalue weighted by molar-refractivity contribution is 5.59. The predicted molar refractivity (Wildman–Crippen MR) is 36.4 cm³/mol. The van der Waals surface area contributed by atoms with Crippen molar-refractivity contribution in [3.63, 3.8) is 0 Å². The lowest BCUT2D eigenvalue weighted by Gasteiger charge is -1.97. The SMILES string of the molecule is O=C[C@@H](F)c1ccccc1. The summed E-state index contributed by atoms with van der Waals surface area (Å²) in [6.07, 6.45) is -1.18. The summed E-state index contributed by atoms with van der Waals surface area (Å²) in [6, 6.07) is 8.34. The van der Waals surface area contributed by atoms with E-state index in [9.17, 15) is 9.18 Å². The highest BCUT2D eigenvalue weighted by atomic mass is 19.1. The molecular weight excluding hydrogens is 131 g/mol. The van der Waals surface area contributed by atoms with Crippen LogP contribution in [0.5, 0.6) is 0 Å². The van der Waals surface area contributed by atoms with Gasteiger partial charge in [-0.1, -0.05) is 30.3 Å². The highest BCUT2D eigenvalue weighted by Gasteiger charge is 2.04. The van der Waals surface area contributed by atoms with Crippen LogP contribution in [0.3, 0.4) is 0 Å². The number of benzene rings is 1. The van der Waals surface area contributed by atoms with E-state index in [2.05, 4.69) is 0 Å². The molecule has 0 radical (unpaired) electrons. The van der Waals surface area contributed by atoms with Crippen LogP contribution < -0.4 is 0 Å². The summed E-state index contributed by atoms with van der Waals surface area (Å²) in [5.41, 5.74) is 0.414. The third kappa shape index (κ3) is 1.41. The van der Waals surface area contributed by atoms with Crippen molar-refractivity contribution in [3.8, 4) is 0 Å². The van der Waals surface area contributed by atoms with Crippen LogP contribution in [0.1, 0.15) is 11.7 Å². The van der Waals surface area contributed by atoms with Gasteiger partial charge < -0.3 is 0 Å². The Hall–Kier alpha value is -1.18. The van der Waals surface area contributed by atoms with E-state index in [-0.39, 0.29) is 6.29 Å². The van der Waals surface area contributed by atoms with E-state index >= 15 is 0 Å². The van der Waals surface area contributed by atoms with E-state index in [1.807, 2.05) is 0 Å². The van der Waals surface area contributed by atoms with Gasteiger partial charge in [-0.15, -0.1) is 0 Å². The highest BCUT2D eigenvalue weighted by Crippen LogP contribution is 2.12. The Morgan fingerprint density at radius 1 is 1.30 bits per heavy atom. The van der Waals surface area contributed by atoms with Crippen molar-refractivity contribution in [3.05, 3.63) is 35.9 Å². The zero-order valence-electron chi connectivity index (χ0n) is 5.33. The van der Waals surface area contributed by atoms with Crippen LogP contribution in [0.15, 0.2) is 30.3 Å². The van der Waals surface area contributed by atoms with Gasteiger partial charge in [0.25, 0.3) is 0 Å². The smallest absolute Gasteiger partial charge is 0.180 e. The Labute approximate surface area is 58.5 Å². The summed E-state index contributed by atoms with van der Waals surface area (Å²) in [4.78, 5) is 9.93. The van der Waals surface area contributed by atoms with Gasteiger partial charge in [0.15, 0.2) is 12.5 Å². The van der Waals surface area contributed by atoms with Gasteiger partial charge in [-0.25, -0.2) is 4.39 Å². The molecule has 0 aliphatic heterocycles. The molecule has 0 unspecified atom stereocenters. The summed E-state index contributed by atoms with van der Waals surface area (Å²) in [5.74, 6) is 0. The van der Waals surface area contributed by atoms with Crippen molar-refractivity contribution >= 4 is 6.29 Å². The van der Waals surface area contributed by atoms with Gasteiger partial charge in [0.05, 0.1) is 0 Å². The number of halogens is 1. The molecule has 0 aromatic heterocycles. The molecule has 1 rings (SSSR count). The quantitative estimate of drug-likeness (QED) is 0.570. The summed E-state index contributed by atoms with van der Waals surface area (Å²) < 4.78 is 12.5. The molecule has 1 atom stereocenters. The number of hydrogen-bond donors (Lipinski definition) is 0. The largest absolute Gasteiger partial charge is 0.300 e. The van der Waals surface area contributed by atoms with E-state index in [4.69, 9.17) is 0 Å².